The highest BCUT2D eigenvalue weighted by Gasteiger charge is 2.38. The van der Waals surface area contributed by atoms with Crippen LogP contribution in [0.3, 0.4) is 0 Å². The van der Waals surface area contributed by atoms with Crippen LogP contribution >= 0.6 is 0 Å². The van der Waals surface area contributed by atoms with Crippen molar-refractivity contribution in [3.05, 3.63) is 64.2 Å². The first-order chi connectivity index (χ1) is 15.1. The molecule has 2 aromatic carbocycles. The number of hydrogen-bond acceptors (Lipinski definition) is 4. The average molecular weight is 451 g/mol. The summed E-state index contributed by atoms with van der Waals surface area (Å²) in [4.78, 5) is 24.0. The summed E-state index contributed by atoms with van der Waals surface area (Å²) in [6.07, 6.45) is 0.724. The molecule has 0 aromatic heterocycles. The van der Waals surface area contributed by atoms with Gasteiger partial charge in [0.1, 0.15) is 18.1 Å². The van der Waals surface area contributed by atoms with Gasteiger partial charge in [0.05, 0.1) is 12.6 Å². The monoisotopic (exact) mass is 451 g/mol. The summed E-state index contributed by atoms with van der Waals surface area (Å²) in [5, 5.41) is 2.69. The predicted molar refractivity (Wildman–Crippen MR) is 106 cm³/mol. The number of amides is 1. The number of alkyl halides is 4. The lowest BCUT2D eigenvalue weighted by Gasteiger charge is -2.27. The van der Waals surface area contributed by atoms with Gasteiger partial charge in [-0.1, -0.05) is 18.2 Å². The molecule has 1 aliphatic heterocycles. The van der Waals surface area contributed by atoms with Crippen molar-refractivity contribution in [2.24, 2.45) is 0 Å². The zero-order valence-electron chi connectivity index (χ0n) is 17.2. The third-order valence-electron chi connectivity index (χ3n) is 5.79. The van der Waals surface area contributed by atoms with Crippen LogP contribution in [0.2, 0.25) is 0 Å². The number of halogens is 4. The van der Waals surface area contributed by atoms with Crippen molar-refractivity contribution in [3.8, 4) is 5.75 Å². The van der Waals surface area contributed by atoms with Crippen LogP contribution in [0.25, 0.3) is 0 Å². The molecule has 4 rings (SSSR count). The topological polar surface area (TPSA) is 64.6 Å². The van der Waals surface area contributed by atoms with Gasteiger partial charge in [-0.25, -0.2) is 0 Å². The standard InChI is InChI=1S/C23H21F4NO4/c1-12(18-4-2-13(15-7-17(29)8-15)9-20(18)32-22(24)25)28-21(30)14-3-5-19-16(6-14)10-31-11-23(19,26)27/h2-6,9,12,15,22H,7-8,10-11H2,1H3,(H,28,30)/t12-/m0/s1. The van der Waals surface area contributed by atoms with Crippen LogP contribution in [-0.4, -0.2) is 24.9 Å². The molecule has 170 valence electrons. The summed E-state index contributed by atoms with van der Waals surface area (Å²) in [6, 6.07) is 7.93. The van der Waals surface area contributed by atoms with Gasteiger partial charge in [0.2, 0.25) is 0 Å². The lowest BCUT2D eigenvalue weighted by molar-refractivity contribution is -0.124. The smallest absolute Gasteiger partial charge is 0.387 e. The third kappa shape index (κ3) is 4.48. The molecule has 0 bridgehead atoms. The first-order valence-corrected chi connectivity index (χ1v) is 10.1. The molecule has 9 heteroatoms. The van der Waals surface area contributed by atoms with Crippen molar-refractivity contribution in [2.45, 2.75) is 50.9 Å². The molecule has 0 unspecified atom stereocenters. The van der Waals surface area contributed by atoms with Gasteiger partial charge >= 0.3 is 6.61 Å². The molecular formula is C23H21F4NO4. The summed E-state index contributed by atoms with van der Waals surface area (Å²) in [7, 11) is 0. The van der Waals surface area contributed by atoms with E-state index in [4.69, 9.17) is 4.74 Å². The van der Waals surface area contributed by atoms with E-state index in [1.165, 1.54) is 24.3 Å². The van der Waals surface area contributed by atoms with Gasteiger partial charge in [-0.2, -0.15) is 17.6 Å². The summed E-state index contributed by atoms with van der Waals surface area (Å²) in [5.74, 6) is -3.67. The maximum Gasteiger partial charge on any atom is 0.387 e. The zero-order chi connectivity index (χ0) is 23.0. The molecule has 2 aliphatic rings. The van der Waals surface area contributed by atoms with Crippen molar-refractivity contribution in [3.63, 3.8) is 0 Å². The van der Waals surface area contributed by atoms with Gasteiger partial charge in [0.25, 0.3) is 11.8 Å². The van der Waals surface area contributed by atoms with Crippen LogP contribution in [0, 0.1) is 0 Å². The lowest BCUT2D eigenvalue weighted by atomic mass is 9.78. The number of carbonyl (C=O) groups excluding carboxylic acids is 2. The van der Waals surface area contributed by atoms with E-state index >= 15 is 0 Å². The van der Waals surface area contributed by atoms with Crippen molar-refractivity contribution in [2.75, 3.05) is 6.61 Å². The number of nitrogens with one attached hydrogen (secondary N) is 1. The summed E-state index contributed by atoms with van der Waals surface area (Å²) in [6.45, 7) is -2.19. The number of ether oxygens (including phenoxy) is 2. The van der Waals surface area contributed by atoms with E-state index in [0.29, 0.717) is 18.4 Å². The van der Waals surface area contributed by atoms with Crippen LogP contribution < -0.4 is 10.1 Å². The Hall–Kier alpha value is -2.94. The molecule has 0 spiro atoms. The Morgan fingerprint density at radius 3 is 2.62 bits per heavy atom. The Kier molecular flexibility index (Phi) is 5.94. The largest absolute Gasteiger partial charge is 0.434 e. The van der Waals surface area contributed by atoms with Crippen LogP contribution in [0.1, 0.15) is 64.3 Å². The fraction of sp³-hybridized carbons (Fsp3) is 0.391. The van der Waals surface area contributed by atoms with Crippen molar-refractivity contribution < 1.29 is 36.6 Å². The number of rotatable bonds is 6. The summed E-state index contributed by atoms with van der Waals surface area (Å²) in [5.41, 5.74) is 1.26. The van der Waals surface area contributed by atoms with E-state index < -0.39 is 31.1 Å². The molecule has 1 N–H and O–H groups in total. The maximum atomic E-state index is 13.9. The molecule has 1 heterocycles. The summed E-state index contributed by atoms with van der Waals surface area (Å²) >= 11 is 0. The van der Waals surface area contributed by atoms with Crippen molar-refractivity contribution >= 4 is 11.7 Å². The van der Waals surface area contributed by atoms with Gasteiger partial charge < -0.3 is 14.8 Å². The van der Waals surface area contributed by atoms with Crippen LogP contribution in [0.4, 0.5) is 17.6 Å². The van der Waals surface area contributed by atoms with E-state index in [-0.39, 0.29) is 40.7 Å². The van der Waals surface area contributed by atoms with E-state index in [0.717, 1.165) is 5.56 Å². The molecule has 1 fully saturated rings. The minimum absolute atomic E-state index is 0.0287. The minimum atomic E-state index is -3.12. The molecule has 1 amide bonds. The van der Waals surface area contributed by atoms with Gasteiger partial charge in [-0.05, 0) is 42.2 Å². The molecule has 1 aliphatic carbocycles. The number of Topliss-reactive ketones (excluding diaryl/α,β-unsaturated/α-hetero) is 1. The molecule has 0 saturated heterocycles. The van der Waals surface area contributed by atoms with Crippen LogP contribution in [0.15, 0.2) is 36.4 Å². The Bertz CT molecular complexity index is 1050. The Morgan fingerprint density at radius 2 is 1.94 bits per heavy atom. The number of hydrogen-bond donors (Lipinski definition) is 1. The molecule has 0 radical (unpaired) electrons. The lowest BCUT2D eigenvalue weighted by Crippen LogP contribution is -2.30. The van der Waals surface area contributed by atoms with Gasteiger partial charge in [-0.3, -0.25) is 9.59 Å². The van der Waals surface area contributed by atoms with E-state index in [1.54, 1.807) is 19.1 Å². The van der Waals surface area contributed by atoms with Crippen LogP contribution in [0.5, 0.6) is 5.75 Å². The number of carbonyl (C=O) groups is 2. The first-order valence-electron chi connectivity index (χ1n) is 10.1. The van der Waals surface area contributed by atoms with Crippen molar-refractivity contribution in [1.29, 1.82) is 0 Å². The summed E-state index contributed by atoms with van der Waals surface area (Å²) < 4.78 is 63.4. The predicted octanol–water partition coefficient (Wildman–Crippen LogP) is 4.85. The van der Waals surface area contributed by atoms with Gasteiger partial charge in [0, 0.05) is 29.5 Å². The Morgan fingerprint density at radius 1 is 1.19 bits per heavy atom. The number of fused-ring (bicyclic) bond motifs is 1. The molecule has 1 saturated carbocycles. The second kappa shape index (κ2) is 8.54. The second-order valence-electron chi connectivity index (χ2n) is 8.08. The van der Waals surface area contributed by atoms with E-state index in [1.807, 2.05) is 0 Å². The molecule has 5 nitrogen and oxygen atoms in total. The molecule has 1 atom stereocenters. The van der Waals surface area contributed by atoms with Gasteiger partial charge in [0.15, 0.2) is 0 Å². The second-order valence-corrected chi connectivity index (χ2v) is 8.08. The van der Waals surface area contributed by atoms with Crippen molar-refractivity contribution in [1.82, 2.24) is 5.32 Å². The normalized spacial score (nSPS) is 18.6. The minimum Gasteiger partial charge on any atom is -0.434 e. The number of ketones is 1. The zero-order valence-corrected chi connectivity index (χ0v) is 17.2. The molecular weight excluding hydrogens is 430 g/mol. The fourth-order valence-electron chi connectivity index (χ4n) is 4.02. The van der Waals surface area contributed by atoms with Crippen LogP contribution in [-0.2, 0) is 22.1 Å². The Balaban J connectivity index is 1.53. The molecule has 2 aromatic rings. The number of benzene rings is 2. The highest BCUT2D eigenvalue weighted by atomic mass is 19.3. The van der Waals surface area contributed by atoms with Gasteiger partial charge in [-0.15, -0.1) is 0 Å². The molecule has 32 heavy (non-hydrogen) atoms. The highest BCUT2D eigenvalue weighted by Crippen LogP contribution is 2.38. The Labute approximate surface area is 181 Å². The highest BCUT2D eigenvalue weighted by molar-refractivity contribution is 5.94. The third-order valence-corrected chi connectivity index (χ3v) is 5.79. The quantitative estimate of drug-likeness (QED) is 0.638. The van der Waals surface area contributed by atoms with E-state index in [2.05, 4.69) is 10.1 Å². The fourth-order valence-corrected chi connectivity index (χ4v) is 4.02. The maximum absolute atomic E-state index is 13.9. The SMILES string of the molecule is C[C@H](NC(=O)c1ccc2c(c1)COCC2(F)F)c1ccc(C2CC(=O)C2)cc1OC(F)F. The van der Waals surface area contributed by atoms with E-state index in [9.17, 15) is 27.2 Å². The average Bonchev–Trinajstić information content (AvgIpc) is 2.70. The first kappa shape index (κ1) is 22.3.